The SMILES string of the molecule is CC(C)c1c(-c2ccnc3nc[nH]c23)[nH]c2ccc(C3CCNCC3)cc12. The Hall–Kier alpha value is -2.66. The van der Waals surface area contributed by atoms with Gasteiger partial charge >= 0.3 is 0 Å². The monoisotopic (exact) mass is 359 g/mol. The first kappa shape index (κ1) is 16.5. The van der Waals surface area contributed by atoms with Gasteiger partial charge in [0, 0.05) is 22.7 Å². The minimum absolute atomic E-state index is 0.420. The molecule has 1 saturated heterocycles. The van der Waals surface area contributed by atoms with E-state index in [9.17, 15) is 0 Å². The predicted molar refractivity (Wildman–Crippen MR) is 110 cm³/mol. The molecule has 0 bridgehead atoms. The highest BCUT2D eigenvalue weighted by Gasteiger charge is 2.21. The molecule has 5 heteroatoms. The van der Waals surface area contributed by atoms with Crippen molar-refractivity contribution < 1.29 is 0 Å². The van der Waals surface area contributed by atoms with Crippen molar-refractivity contribution in [2.75, 3.05) is 13.1 Å². The Labute approximate surface area is 158 Å². The van der Waals surface area contributed by atoms with Gasteiger partial charge in [0.15, 0.2) is 5.65 Å². The summed E-state index contributed by atoms with van der Waals surface area (Å²) in [6, 6.07) is 9.06. The molecule has 4 aromatic rings. The van der Waals surface area contributed by atoms with Crippen LogP contribution in [0.15, 0.2) is 36.8 Å². The van der Waals surface area contributed by atoms with Crippen molar-refractivity contribution in [3.63, 3.8) is 0 Å². The first-order valence-corrected chi connectivity index (χ1v) is 9.87. The lowest BCUT2D eigenvalue weighted by molar-refractivity contribution is 0.460. The van der Waals surface area contributed by atoms with E-state index in [2.05, 4.69) is 63.4 Å². The molecular weight excluding hydrogens is 334 g/mol. The van der Waals surface area contributed by atoms with E-state index in [0.717, 1.165) is 29.8 Å². The maximum Gasteiger partial charge on any atom is 0.178 e. The highest BCUT2D eigenvalue weighted by molar-refractivity contribution is 5.97. The summed E-state index contributed by atoms with van der Waals surface area (Å²) >= 11 is 0. The van der Waals surface area contributed by atoms with Gasteiger partial charge in [0.25, 0.3) is 0 Å². The number of rotatable bonds is 3. The van der Waals surface area contributed by atoms with E-state index in [1.54, 1.807) is 6.33 Å². The number of imidazole rings is 1. The van der Waals surface area contributed by atoms with Crippen molar-refractivity contribution in [2.45, 2.75) is 38.5 Å². The fourth-order valence-corrected chi connectivity index (χ4v) is 4.51. The molecule has 3 N–H and O–H groups in total. The Bertz CT molecular complexity index is 1100. The molecule has 5 rings (SSSR count). The Kier molecular flexibility index (Phi) is 3.97. The molecular formula is C22H25N5. The van der Waals surface area contributed by atoms with Gasteiger partial charge in [-0.05, 0) is 67.1 Å². The molecule has 0 saturated carbocycles. The van der Waals surface area contributed by atoms with Gasteiger partial charge in [0.2, 0.25) is 0 Å². The Morgan fingerprint density at radius 2 is 1.93 bits per heavy atom. The molecule has 138 valence electrons. The summed E-state index contributed by atoms with van der Waals surface area (Å²) in [6.07, 6.45) is 6.00. The van der Waals surface area contributed by atoms with E-state index >= 15 is 0 Å². The fourth-order valence-electron chi connectivity index (χ4n) is 4.51. The van der Waals surface area contributed by atoms with Crippen LogP contribution in [0, 0.1) is 0 Å². The minimum atomic E-state index is 0.420. The largest absolute Gasteiger partial charge is 0.354 e. The van der Waals surface area contributed by atoms with E-state index in [0.29, 0.717) is 11.8 Å². The van der Waals surface area contributed by atoms with Gasteiger partial charge in [-0.15, -0.1) is 0 Å². The highest BCUT2D eigenvalue weighted by atomic mass is 14.9. The average molecular weight is 359 g/mol. The maximum atomic E-state index is 4.37. The van der Waals surface area contributed by atoms with Crippen LogP contribution in [0.4, 0.5) is 0 Å². The highest BCUT2D eigenvalue weighted by Crippen LogP contribution is 2.39. The van der Waals surface area contributed by atoms with E-state index in [4.69, 9.17) is 0 Å². The zero-order valence-electron chi connectivity index (χ0n) is 15.8. The van der Waals surface area contributed by atoms with Gasteiger partial charge in [-0.25, -0.2) is 9.97 Å². The number of nitrogens with one attached hydrogen (secondary N) is 3. The smallest absolute Gasteiger partial charge is 0.178 e. The molecule has 0 amide bonds. The lowest BCUT2D eigenvalue weighted by Crippen LogP contribution is -2.26. The van der Waals surface area contributed by atoms with Crippen molar-refractivity contribution in [1.29, 1.82) is 0 Å². The summed E-state index contributed by atoms with van der Waals surface area (Å²) in [5.41, 5.74) is 8.12. The van der Waals surface area contributed by atoms with Gasteiger partial charge < -0.3 is 15.3 Å². The zero-order chi connectivity index (χ0) is 18.4. The number of aromatic amines is 2. The molecule has 1 fully saturated rings. The topological polar surface area (TPSA) is 69.4 Å². The van der Waals surface area contributed by atoms with Crippen LogP contribution in [0.2, 0.25) is 0 Å². The van der Waals surface area contributed by atoms with Crippen LogP contribution in [-0.4, -0.2) is 33.0 Å². The van der Waals surface area contributed by atoms with Crippen molar-refractivity contribution in [2.24, 2.45) is 0 Å². The van der Waals surface area contributed by atoms with Gasteiger partial charge in [0.1, 0.15) is 0 Å². The van der Waals surface area contributed by atoms with Crippen molar-refractivity contribution in [1.82, 2.24) is 25.3 Å². The summed E-state index contributed by atoms with van der Waals surface area (Å²) in [5.74, 6) is 1.08. The molecule has 0 spiro atoms. The van der Waals surface area contributed by atoms with E-state index in [1.807, 2.05) is 6.20 Å². The Balaban J connectivity index is 1.71. The number of H-pyrrole nitrogens is 2. The first-order valence-electron chi connectivity index (χ1n) is 9.87. The third-order valence-corrected chi connectivity index (χ3v) is 5.85. The number of piperidine rings is 1. The molecule has 5 nitrogen and oxygen atoms in total. The zero-order valence-corrected chi connectivity index (χ0v) is 15.8. The first-order chi connectivity index (χ1) is 13.2. The summed E-state index contributed by atoms with van der Waals surface area (Å²) < 4.78 is 0. The fraction of sp³-hybridized carbons (Fsp3) is 0.364. The summed E-state index contributed by atoms with van der Waals surface area (Å²) in [5, 5.41) is 4.82. The number of nitrogens with zero attached hydrogens (tertiary/aromatic N) is 2. The number of pyridine rings is 1. The van der Waals surface area contributed by atoms with Crippen LogP contribution in [-0.2, 0) is 0 Å². The molecule has 1 aromatic carbocycles. The van der Waals surface area contributed by atoms with Crippen LogP contribution in [0.3, 0.4) is 0 Å². The number of hydrogen-bond donors (Lipinski definition) is 3. The van der Waals surface area contributed by atoms with Crippen LogP contribution >= 0.6 is 0 Å². The van der Waals surface area contributed by atoms with E-state index in [-0.39, 0.29) is 0 Å². The number of hydrogen-bond acceptors (Lipinski definition) is 3. The molecule has 4 heterocycles. The summed E-state index contributed by atoms with van der Waals surface area (Å²) in [7, 11) is 0. The Morgan fingerprint density at radius 3 is 2.74 bits per heavy atom. The van der Waals surface area contributed by atoms with E-state index in [1.165, 1.54) is 40.6 Å². The number of aromatic nitrogens is 4. The van der Waals surface area contributed by atoms with Crippen molar-refractivity contribution >= 4 is 22.1 Å². The second kappa shape index (κ2) is 6.50. The maximum absolute atomic E-state index is 4.37. The van der Waals surface area contributed by atoms with Crippen molar-refractivity contribution in [3.8, 4) is 11.3 Å². The minimum Gasteiger partial charge on any atom is -0.354 e. The van der Waals surface area contributed by atoms with E-state index < -0.39 is 0 Å². The third-order valence-electron chi connectivity index (χ3n) is 5.85. The van der Waals surface area contributed by atoms with Crippen molar-refractivity contribution in [3.05, 3.63) is 47.9 Å². The molecule has 0 radical (unpaired) electrons. The summed E-state index contributed by atoms with van der Waals surface area (Å²) in [4.78, 5) is 15.6. The van der Waals surface area contributed by atoms with Gasteiger partial charge in [-0.2, -0.15) is 0 Å². The van der Waals surface area contributed by atoms with Gasteiger partial charge in [-0.1, -0.05) is 19.9 Å². The number of fused-ring (bicyclic) bond motifs is 2. The van der Waals surface area contributed by atoms with Crippen LogP contribution in [0.5, 0.6) is 0 Å². The van der Waals surface area contributed by atoms with Gasteiger partial charge in [-0.3, -0.25) is 0 Å². The molecule has 0 unspecified atom stereocenters. The lowest BCUT2D eigenvalue weighted by atomic mass is 9.88. The standard InChI is InChI=1S/C22H25N5/c1-13(2)19-17-11-15(14-5-8-23-9-6-14)3-4-18(17)27-20(19)16-7-10-24-22-21(16)25-12-26-22/h3-4,7,10-14,23,27H,5-6,8-9H2,1-2H3,(H,24,25,26). The molecule has 27 heavy (non-hydrogen) atoms. The quantitative estimate of drug-likeness (QED) is 0.497. The number of benzene rings is 1. The predicted octanol–water partition coefficient (Wildman–Crippen LogP) is 4.70. The molecule has 1 aliphatic rings. The van der Waals surface area contributed by atoms with Gasteiger partial charge in [0.05, 0.1) is 17.5 Å². The second-order valence-electron chi connectivity index (χ2n) is 7.86. The molecule has 0 aliphatic carbocycles. The summed E-state index contributed by atoms with van der Waals surface area (Å²) in [6.45, 7) is 6.78. The van der Waals surface area contributed by atoms with Crippen LogP contribution in [0.25, 0.3) is 33.3 Å². The van der Waals surface area contributed by atoms with Crippen LogP contribution in [0.1, 0.15) is 49.7 Å². The molecule has 1 aliphatic heterocycles. The normalized spacial score (nSPS) is 16.0. The molecule has 0 atom stereocenters. The molecule has 3 aromatic heterocycles. The Morgan fingerprint density at radius 1 is 1.07 bits per heavy atom. The average Bonchev–Trinajstić information content (AvgIpc) is 3.32. The lowest BCUT2D eigenvalue weighted by Gasteiger charge is -2.23. The second-order valence-corrected chi connectivity index (χ2v) is 7.86. The van der Waals surface area contributed by atoms with Crippen LogP contribution < -0.4 is 5.32 Å². The third kappa shape index (κ3) is 2.73.